The van der Waals surface area contributed by atoms with Crippen molar-refractivity contribution in [3.63, 3.8) is 0 Å². The van der Waals surface area contributed by atoms with Crippen molar-refractivity contribution in [1.29, 1.82) is 0 Å². The number of benzene rings is 2. The van der Waals surface area contributed by atoms with E-state index in [0.29, 0.717) is 40.8 Å². The van der Waals surface area contributed by atoms with Crippen LogP contribution in [0.25, 0.3) is 11.4 Å². The van der Waals surface area contributed by atoms with Gasteiger partial charge in [0.1, 0.15) is 12.3 Å². The van der Waals surface area contributed by atoms with Crippen molar-refractivity contribution < 1.29 is 33.1 Å². The summed E-state index contributed by atoms with van der Waals surface area (Å²) >= 11 is 0. The predicted molar refractivity (Wildman–Crippen MR) is 113 cm³/mol. The normalized spacial score (nSPS) is 10.3. The highest BCUT2D eigenvalue weighted by Gasteiger charge is 2.16. The topological polar surface area (TPSA) is 122 Å². The molecule has 0 aliphatic rings. The zero-order valence-electron chi connectivity index (χ0n) is 17.9. The molecule has 10 nitrogen and oxygen atoms in total. The number of rotatable bonds is 10. The lowest BCUT2D eigenvalue weighted by molar-refractivity contribution is -0.144. The zero-order valence-corrected chi connectivity index (χ0v) is 17.9. The quantitative estimate of drug-likeness (QED) is 0.473. The van der Waals surface area contributed by atoms with E-state index in [4.69, 9.17) is 23.5 Å². The van der Waals surface area contributed by atoms with Crippen LogP contribution in [0.2, 0.25) is 0 Å². The SMILES string of the molecule is CCOc1ccccc1C(=O)NCC(=O)OCc1nc(-c2ccc(OC)c(OC)c2)no1. The first-order valence-electron chi connectivity index (χ1n) is 9.76. The molecule has 1 N–H and O–H groups in total. The van der Waals surface area contributed by atoms with Crippen molar-refractivity contribution in [2.24, 2.45) is 0 Å². The number of methoxy groups -OCH3 is 2. The van der Waals surface area contributed by atoms with E-state index in [9.17, 15) is 9.59 Å². The van der Waals surface area contributed by atoms with E-state index in [1.165, 1.54) is 7.11 Å². The van der Waals surface area contributed by atoms with Gasteiger partial charge in [-0.15, -0.1) is 0 Å². The molecule has 0 saturated heterocycles. The Morgan fingerprint density at radius 3 is 2.56 bits per heavy atom. The van der Waals surface area contributed by atoms with Gasteiger partial charge in [-0.25, -0.2) is 0 Å². The maximum atomic E-state index is 12.3. The molecule has 0 aliphatic heterocycles. The number of para-hydroxylation sites is 1. The van der Waals surface area contributed by atoms with E-state index in [-0.39, 0.29) is 19.0 Å². The first-order valence-corrected chi connectivity index (χ1v) is 9.76. The number of aromatic nitrogens is 2. The van der Waals surface area contributed by atoms with Crippen LogP contribution in [0.4, 0.5) is 0 Å². The lowest BCUT2D eigenvalue weighted by atomic mass is 10.2. The minimum Gasteiger partial charge on any atom is -0.493 e. The van der Waals surface area contributed by atoms with Crippen molar-refractivity contribution in [3.8, 4) is 28.6 Å². The van der Waals surface area contributed by atoms with Gasteiger partial charge in [0.25, 0.3) is 11.8 Å². The molecule has 2 aromatic carbocycles. The summed E-state index contributed by atoms with van der Waals surface area (Å²) in [6, 6.07) is 11.9. The fraction of sp³-hybridized carbons (Fsp3) is 0.273. The van der Waals surface area contributed by atoms with Crippen molar-refractivity contribution in [1.82, 2.24) is 15.5 Å². The molecule has 10 heteroatoms. The van der Waals surface area contributed by atoms with E-state index >= 15 is 0 Å². The summed E-state index contributed by atoms with van der Waals surface area (Å²) in [5, 5.41) is 6.38. The summed E-state index contributed by atoms with van der Waals surface area (Å²) in [5.41, 5.74) is 0.975. The second kappa shape index (κ2) is 10.8. The molecule has 32 heavy (non-hydrogen) atoms. The van der Waals surface area contributed by atoms with Gasteiger partial charge in [-0.1, -0.05) is 17.3 Å². The summed E-state index contributed by atoms with van der Waals surface area (Å²) in [6.07, 6.45) is 0. The Labute approximate surface area is 184 Å². The average Bonchev–Trinajstić information content (AvgIpc) is 3.30. The second-order valence-corrected chi connectivity index (χ2v) is 6.35. The van der Waals surface area contributed by atoms with Crippen molar-refractivity contribution >= 4 is 11.9 Å². The van der Waals surface area contributed by atoms with Crippen LogP contribution < -0.4 is 19.5 Å². The number of nitrogens with one attached hydrogen (secondary N) is 1. The number of carbonyl (C=O) groups excluding carboxylic acids is 2. The fourth-order valence-electron chi connectivity index (χ4n) is 2.78. The van der Waals surface area contributed by atoms with Gasteiger partial charge in [0.05, 0.1) is 26.4 Å². The fourth-order valence-corrected chi connectivity index (χ4v) is 2.78. The minimum absolute atomic E-state index is 0.108. The molecule has 1 heterocycles. The molecule has 0 bridgehead atoms. The van der Waals surface area contributed by atoms with Crippen LogP contribution in [-0.4, -0.2) is 49.4 Å². The van der Waals surface area contributed by atoms with Gasteiger partial charge in [0, 0.05) is 5.56 Å². The van der Waals surface area contributed by atoms with Crippen LogP contribution in [0, 0.1) is 0 Å². The van der Waals surface area contributed by atoms with Gasteiger partial charge < -0.3 is 28.8 Å². The third-order valence-corrected chi connectivity index (χ3v) is 4.29. The number of esters is 1. The molecule has 3 aromatic rings. The molecule has 0 fully saturated rings. The Hall–Kier alpha value is -4.08. The van der Waals surface area contributed by atoms with Crippen LogP contribution in [-0.2, 0) is 16.1 Å². The minimum atomic E-state index is -0.655. The standard InChI is InChI=1S/C22H23N3O7/c1-4-30-16-8-6-5-7-15(16)22(27)23-12-20(26)31-13-19-24-21(25-32-19)14-9-10-17(28-2)18(11-14)29-3/h5-11H,4,12-13H2,1-3H3,(H,23,27). The zero-order chi connectivity index (χ0) is 22.9. The highest BCUT2D eigenvalue weighted by atomic mass is 16.6. The van der Waals surface area contributed by atoms with Crippen LogP contribution >= 0.6 is 0 Å². The molecule has 168 valence electrons. The second-order valence-electron chi connectivity index (χ2n) is 6.35. The lowest BCUT2D eigenvalue weighted by Gasteiger charge is -2.10. The van der Waals surface area contributed by atoms with Gasteiger partial charge in [-0.3, -0.25) is 9.59 Å². The summed E-state index contributed by atoms with van der Waals surface area (Å²) in [6.45, 7) is 1.68. The first-order chi connectivity index (χ1) is 15.5. The summed E-state index contributed by atoms with van der Waals surface area (Å²) in [5.74, 6) is 0.838. The Bertz CT molecular complexity index is 1080. The van der Waals surface area contributed by atoms with Gasteiger partial charge in [-0.2, -0.15) is 4.98 Å². The molecule has 0 saturated carbocycles. The highest BCUT2D eigenvalue weighted by molar-refractivity contribution is 5.98. The van der Waals surface area contributed by atoms with E-state index in [1.54, 1.807) is 49.6 Å². The maximum absolute atomic E-state index is 12.3. The third-order valence-electron chi connectivity index (χ3n) is 4.29. The molecular formula is C22H23N3O7. The van der Waals surface area contributed by atoms with Crippen LogP contribution in [0.5, 0.6) is 17.2 Å². The largest absolute Gasteiger partial charge is 0.493 e. The Kier molecular flexibility index (Phi) is 7.63. The smallest absolute Gasteiger partial charge is 0.325 e. The Morgan fingerprint density at radius 2 is 1.81 bits per heavy atom. The molecule has 0 atom stereocenters. The number of amides is 1. The van der Waals surface area contributed by atoms with Crippen LogP contribution in [0.3, 0.4) is 0 Å². The maximum Gasteiger partial charge on any atom is 0.325 e. The van der Waals surface area contributed by atoms with Gasteiger partial charge in [0.2, 0.25) is 5.82 Å². The van der Waals surface area contributed by atoms with Crippen molar-refractivity contribution in [2.45, 2.75) is 13.5 Å². The summed E-state index contributed by atoms with van der Waals surface area (Å²) in [4.78, 5) is 28.5. The van der Waals surface area contributed by atoms with Crippen molar-refractivity contribution in [2.75, 3.05) is 27.4 Å². The molecule has 3 rings (SSSR count). The van der Waals surface area contributed by atoms with Gasteiger partial charge in [-0.05, 0) is 37.3 Å². The molecule has 1 aromatic heterocycles. The number of hydrogen-bond donors (Lipinski definition) is 1. The Morgan fingerprint density at radius 1 is 1.03 bits per heavy atom. The van der Waals surface area contributed by atoms with E-state index in [2.05, 4.69) is 15.5 Å². The van der Waals surface area contributed by atoms with Crippen LogP contribution in [0.15, 0.2) is 47.0 Å². The van der Waals surface area contributed by atoms with E-state index in [1.807, 2.05) is 6.92 Å². The van der Waals surface area contributed by atoms with Crippen molar-refractivity contribution in [3.05, 3.63) is 53.9 Å². The third kappa shape index (κ3) is 5.54. The van der Waals surface area contributed by atoms with E-state index in [0.717, 1.165) is 0 Å². The van der Waals surface area contributed by atoms with Gasteiger partial charge >= 0.3 is 5.97 Å². The number of carbonyl (C=O) groups is 2. The predicted octanol–water partition coefficient (Wildman–Crippen LogP) is 2.63. The number of hydrogen-bond acceptors (Lipinski definition) is 9. The molecular weight excluding hydrogens is 418 g/mol. The monoisotopic (exact) mass is 441 g/mol. The highest BCUT2D eigenvalue weighted by Crippen LogP contribution is 2.31. The summed E-state index contributed by atoms with van der Waals surface area (Å²) < 4.78 is 26.1. The molecule has 0 spiro atoms. The summed E-state index contributed by atoms with van der Waals surface area (Å²) in [7, 11) is 3.06. The molecule has 0 unspecified atom stereocenters. The van der Waals surface area contributed by atoms with Gasteiger partial charge in [0.15, 0.2) is 18.1 Å². The number of ether oxygens (including phenoxy) is 4. The van der Waals surface area contributed by atoms with Crippen LogP contribution in [0.1, 0.15) is 23.2 Å². The Balaban J connectivity index is 1.53. The molecule has 1 amide bonds. The lowest BCUT2D eigenvalue weighted by Crippen LogP contribution is -2.30. The first kappa shape index (κ1) is 22.6. The molecule has 0 aliphatic carbocycles. The molecule has 0 radical (unpaired) electrons. The number of nitrogens with zero attached hydrogens (tertiary/aromatic N) is 2. The average molecular weight is 441 g/mol. The van der Waals surface area contributed by atoms with E-state index < -0.39 is 11.9 Å².